The predicted molar refractivity (Wildman–Crippen MR) is 82.6 cm³/mol. The molecular weight excluding hydrogens is 293 g/mol. The summed E-state index contributed by atoms with van der Waals surface area (Å²) in [5.41, 5.74) is 1.40. The average Bonchev–Trinajstić information content (AvgIpc) is 2.48. The average molecular weight is 310 g/mol. The molecule has 0 saturated carbocycles. The molecule has 0 heterocycles. The molecule has 2 aromatic carbocycles. The quantitative estimate of drug-likeness (QED) is 0.856. The van der Waals surface area contributed by atoms with E-state index >= 15 is 0 Å². The van der Waals surface area contributed by atoms with Crippen molar-refractivity contribution in [3.8, 4) is 5.75 Å². The lowest BCUT2D eigenvalue weighted by Crippen LogP contribution is -2.26. The lowest BCUT2D eigenvalue weighted by Gasteiger charge is -2.14. The molecule has 0 fully saturated rings. The van der Waals surface area contributed by atoms with E-state index in [2.05, 4.69) is 5.32 Å². The summed E-state index contributed by atoms with van der Waals surface area (Å²) in [6.45, 7) is 2.28. The molecule has 0 radical (unpaired) electrons. The van der Waals surface area contributed by atoms with E-state index in [4.69, 9.17) is 16.3 Å². The van der Waals surface area contributed by atoms with Crippen LogP contribution in [0.15, 0.2) is 42.5 Å². The number of aliphatic hydroxyl groups excluding tert-OH is 1. The maximum absolute atomic E-state index is 13.6. The summed E-state index contributed by atoms with van der Waals surface area (Å²) < 4.78 is 19.1. The third-order valence-corrected chi connectivity index (χ3v) is 3.24. The fraction of sp³-hybridized carbons (Fsp3) is 0.250. The van der Waals surface area contributed by atoms with Gasteiger partial charge in [-0.1, -0.05) is 35.4 Å². The molecule has 0 spiro atoms. The Kier molecular flexibility index (Phi) is 5.42. The van der Waals surface area contributed by atoms with Crippen LogP contribution in [-0.2, 0) is 0 Å². The number of halogens is 2. The van der Waals surface area contributed by atoms with Crippen LogP contribution in [0.2, 0.25) is 5.02 Å². The third kappa shape index (κ3) is 4.62. The van der Waals surface area contributed by atoms with Gasteiger partial charge in [0.2, 0.25) is 0 Å². The molecule has 5 heteroatoms. The van der Waals surface area contributed by atoms with Gasteiger partial charge >= 0.3 is 0 Å². The van der Waals surface area contributed by atoms with Crippen LogP contribution in [0, 0.1) is 12.7 Å². The normalized spacial score (nSPS) is 12.0. The molecule has 0 aliphatic heterocycles. The number of nitrogens with one attached hydrogen (secondary N) is 1. The van der Waals surface area contributed by atoms with Gasteiger partial charge < -0.3 is 15.2 Å². The first-order valence-electron chi connectivity index (χ1n) is 6.61. The summed E-state index contributed by atoms with van der Waals surface area (Å²) in [6.07, 6.45) is -0.760. The Hall–Kier alpha value is -1.78. The van der Waals surface area contributed by atoms with Crippen molar-refractivity contribution in [1.29, 1.82) is 0 Å². The number of anilines is 1. The summed E-state index contributed by atoms with van der Waals surface area (Å²) in [5, 5.41) is 12.7. The summed E-state index contributed by atoms with van der Waals surface area (Å²) in [4.78, 5) is 0. The van der Waals surface area contributed by atoms with Gasteiger partial charge in [-0.25, -0.2) is 4.39 Å². The van der Waals surface area contributed by atoms with Gasteiger partial charge in [0.05, 0.1) is 10.7 Å². The van der Waals surface area contributed by atoms with Crippen molar-refractivity contribution < 1.29 is 14.2 Å². The Morgan fingerprint density at radius 2 is 1.95 bits per heavy atom. The van der Waals surface area contributed by atoms with Crippen molar-refractivity contribution in [2.75, 3.05) is 18.5 Å². The number of aryl methyl sites for hydroxylation is 1. The zero-order chi connectivity index (χ0) is 15.2. The number of rotatable bonds is 6. The molecule has 112 valence electrons. The molecule has 0 aliphatic rings. The zero-order valence-electron chi connectivity index (χ0n) is 11.6. The number of benzene rings is 2. The molecule has 0 amide bonds. The molecule has 3 nitrogen and oxygen atoms in total. The van der Waals surface area contributed by atoms with Crippen LogP contribution in [0.4, 0.5) is 10.1 Å². The first-order chi connectivity index (χ1) is 10.1. The largest absolute Gasteiger partial charge is 0.491 e. The summed E-state index contributed by atoms with van der Waals surface area (Å²) in [7, 11) is 0. The monoisotopic (exact) mass is 309 g/mol. The van der Waals surface area contributed by atoms with Crippen molar-refractivity contribution in [3.63, 3.8) is 0 Å². The number of ether oxygens (including phenoxy) is 1. The fourth-order valence-corrected chi connectivity index (χ4v) is 1.93. The Balaban J connectivity index is 1.80. The van der Waals surface area contributed by atoms with E-state index in [1.165, 1.54) is 6.07 Å². The molecule has 0 saturated heterocycles. The maximum Gasteiger partial charge on any atom is 0.164 e. The van der Waals surface area contributed by atoms with E-state index in [9.17, 15) is 9.50 Å². The molecule has 0 bridgehead atoms. The van der Waals surface area contributed by atoms with Crippen LogP contribution in [0.5, 0.6) is 5.75 Å². The zero-order valence-corrected chi connectivity index (χ0v) is 12.4. The SMILES string of the molecule is Cc1ccc(OCC(O)CNc2cccc(Cl)c2F)cc1. The molecule has 0 aliphatic carbocycles. The van der Waals surface area contributed by atoms with E-state index in [-0.39, 0.29) is 23.9 Å². The molecule has 21 heavy (non-hydrogen) atoms. The lowest BCUT2D eigenvalue weighted by molar-refractivity contribution is 0.117. The molecule has 2 aromatic rings. The van der Waals surface area contributed by atoms with E-state index in [0.717, 1.165) is 5.56 Å². The second-order valence-corrected chi connectivity index (χ2v) is 5.17. The Morgan fingerprint density at radius 3 is 2.67 bits per heavy atom. The smallest absolute Gasteiger partial charge is 0.164 e. The first-order valence-corrected chi connectivity index (χ1v) is 6.99. The van der Waals surface area contributed by atoms with E-state index in [1.54, 1.807) is 12.1 Å². The summed E-state index contributed by atoms with van der Waals surface area (Å²) in [5.74, 6) is 0.166. The van der Waals surface area contributed by atoms with Crippen molar-refractivity contribution in [3.05, 3.63) is 58.9 Å². The van der Waals surface area contributed by atoms with Crippen LogP contribution in [0.3, 0.4) is 0 Å². The van der Waals surface area contributed by atoms with Crippen molar-refractivity contribution in [2.24, 2.45) is 0 Å². The maximum atomic E-state index is 13.6. The highest BCUT2D eigenvalue weighted by Crippen LogP contribution is 2.21. The standard InChI is InChI=1S/C16H17ClFNO2/c1-11-5-7-13(8-6-11)21-10-12(20)9-19-15-4-2-3-14(17)16(15)18/h2-8,12,19-20H,9-10H2,1H3. The van der Waals surface area contributed by atoms with Gasteiger partial charge in [0.25, 0.3) is 0 Å². The highest BCUT2D eigenvalue weighted by Gasteiger charge is 2.09. The number of hydrogen-bond donors (Lipinski definition) is 2. The Bertz CT molecular complexity index is 589. The second-order valence-electron chi connectivity index (χ2n) is 4.76. The molecule has 0 aromatic heterocycles. The minimum Gasteiger partial charge on any atom is -0.491 e. The fourth-order valence-electron chi connectivity index (χ4n) is 1.75. The molecule has 1 atom stereocenters. The Labute approximate surface area is 128 Å². The van der Waals surface area contributed by atoms with Gasteiger partial charge in [0, 0.05) is 6.54 Å². The highest BCUT2D eigenvalue weighted by atomic mass is 35.5. The van der Waals surface area contributed by atoms with Crippen molar-refractivity contribution >= 4 is 17.3 Å². The van der Waals surface area contributed by atoms with Crippen LogP contribution < -0.4 is 10.1 Å². The second kappa shape index (κ2) is 7.29. The summed E-state index contributed by atoms with van der Waals surface area (Å²) in [6, 6.07) is 12.2. The van der Waals surface area contributed by atoms with Crippen molar-refractivity contribution in [1.82, 2.24) is 0 Å². The van der Waals surface area contributed by atoms with Gasteiger partial charge in [-0.3, -0.25) is 0 Å². The molecule has 1 unspecified atom stereocenters. The summed E-state index contributed by atoms with van der Waals surface area (Å²) >= 11 is 5.68. The molecular formula is C16H17ClFNO2. The molecule has 2 rings (SSSR count). The predicted octanol–water partition coefficient (Wildman–Crippen LogP) is 3.64. The Morgan fingerprint density at radius 1 is 1.24 bits per heavy atom. The first kappa shape index (κ1) is 15.6. The van der Waals surface area contributed by atoms with Crippen LogP contribution in [0.1, 0.15) is 5.56 Å². The minimum atomic E-state index is -0.760. The number of aliphatic hydroxyl groups is 1. The van der Waals surface area contributed by atoms with Crippen LogP contribution in [0.25, 0.3) is 0 Å². The van der Waals surface area contributed by atoms with E-state index in [0.29, 0.717) is 5.75 Å². The van der Waals surface area contributed by atoms with Gasteiger partial charge in [0.15, 0.2) is 5.82 Å². The van der Waals surface area contributed by atoms with E-state index in [1.807, 2.05) is 31.2 Å². The topological polar surface area (TPSA) is 41.5 Å². The van der Waals surface area contributed by atoms with Gasteiger partial charge in [-0.15, -0.1) is 0 Å². The lowest BCUT2D eigenvalue weighted by atomic mass is 10.2. The van der Waals surface area contributed by atoms with E-state index < -0.39 is 11.9 Å². The third-order valence-electron chi connectivity index (χ3n) is 2.94. The van der Waals surface area contributed by atoms with Crippen molar-refractivity contribution in [2.45, 2.75) is 13.0 Å². The minimum absolute atomic E-state index is 0.0467. The van der Waals surface area contributed by atoms with Crippen LogP contribution >= 0.6 is 11.6 Å². The number of hydrogen-bond acceptors (Lipinski definition) is 3. The van der Waals surface area contributed by atoms with Crippen LogP contribution in [-0.4, -0.2) is 24.4 Å². The van der Waals surface area contributed by atoms with Gasteiger partial charge in [-0.05, 0) is 31.2 Å². The van der Waals surface area contributed by atoms with Gasteiger partial charge in [0.1, 0.15) is 18.5 Å². The molecule has 2 N–H and O–H groups in total. The van der Waals surface area contributed by atoms with Gasteiger partial charge in [-0.2, -0.15) is 0 Å². The highest BCUT2D eigenvalue weighted by molar-refractivity contribution is 6.31.